The van der Waals surface area contributed by atoms with Crippen LogP contribution in [-0.2, 0) is 11.3 Å². The quantitative estimate of drug-likeness (QED) is 0.881. The molecule has 0 radical (unpaired) electrons. The van der Waals surface area contributed by atoms with Gasteiger partial charge in [-0.15, -0.1) is 0 Å². The highest BCUT2D eigenvalue weighted by Crippen LogP contribution is 2.30. The number of hydrogen-bond acceptors (Lipinski definition) is 5. The van der Waals surface area contributed by atoms with Crippen molar-refractivity contribution >= 4 is 23.3 Å². The molecule has 1 saturated heterocycles. The molecule has 6 nitrogen and oxygen atoms in total. The molecule has 0 amide bonds. The fraction of sp³-hybridized carbons (Fsp3) is 0.467. The maximum Gasteiger partial charge on any atom is 0.323 e. The molecule has 1 aromatic carbocycles. The van der Waals surface area contributed by atoms with Crippen LogP contribution in [0.15, 0.2) is 23.2 Å². The van der Waals surface area contributed by atoms with E-state index in [1.165, 1.54) is 24.9 Å². The van der Waals surface area contributed by atoms with Crippen molar-refractivity contribution < 1.29 is 9.90 Å². The highest BCUT2D eigenvalue weighted by atomic mass is 16.4. The zero-order valence-corrected chi connectivity index (χ0v) is 12.0. The number of benzene rings is 1. The van der Waals surface area contributed by atoms with E-state index < -0.39 is 5.97 Å². The number of carboxylic acids is 1. The van der Waals surface area contributed by atoms with Crippen molar-refractivity contribution in [3.05, 3.63) is 23.8 Å². The van der Waals surface area contributed by atoms with Gasteiger partial charge in [0.1, 0.15) is 6.54 Å². The van der Waals surface area contributed by atoms with E-state index in [1.54, 1.807) is 4.90 Å². The topological polar surface area (TPSA) is 82.2 Å². The minimum atomic E-state index is -0.899. The van der Waals surface area contributed by atoms with Crippen molar-refractivity contribution in [2.45, 2.75) is 25.8 Å². The van der Waals surface area contributed by atoms with Gasteiger partial charge in [0.15, 0.2) is 5.96 Å². The van der Waals surface area contributed by atoms with Crippen LogP contribution in [-0.4, -0.2) is 41.6 Å². The molecule has 0 spiro atoms. The Balaban J connectivity index is 1.84. The van der Waals surface area contributed by atoms with Gasteiger partial charge in [0.05, 0.1) is 5.69 Å². The van der Waals surface area contributed by atoms with E-state index >= 15 is 0 Å². The van der Waals surface area contributed by atoms with Gasteiger partial charge < -0.3 is 20.6 Å². The lowest BCUT2D eigenvalue weighted by Gasteiger charge is -2.31. The van der Waals surface area contributed by atoms with E-state index in [0.29, 0.717) is 6.54 Å². The average molecular weight is 288 g/mol. The molecule has 2 aliphatic rings. The number of aliphatic carboxylic acids is 1. The molecule has 0 bridgehead atoms. The Kier molecular flexibility index (Phi) is 3.68. The highest BCUT2D eigenvalue weighted by Gasteiger charge is 2.21. The lowest BCUT2D eigenvalue weighted by Crippen LogP contribution is -2.41. The van der Waals surface area contributed by atoms with Crippen molar-refractivity contribution in [1.29, 1.82) is 0 Å². The molecule has 1 aromatic rings. The van der Waals surface area contributed by atoms with Gasteiger partial charge >= 0.3 is 5.97 Å². The molecule has 0 aromatic heterocycles. The molecule has 0 unspecified atom stereocenters. The second-order valence-corrected chi connectivity index (χ2v) is 5.58. The minimum absolute atomic E-state index is 0.122. The van der Waals surface area contributed by atoms with Crippen molar-refractivity contribution in [1.82, 2.24) is 4.90 Å². The van der Waals surface area contributed by atoms with E-state index in [-0.39, 0.29) is 12.5 Å². The molecule has 0 saturated carbocycles. The average Bonchev–Trinajstić information content (AvgIpc) is 2.48. The van der Waals surface area contributed by atoms with E-state index in [1.807, 2.05) is 6.07 Å². The van der Waals surface area contributed by atoms with Gasteiger partial charge in [0, 0.05) is 25.3 Å². The predicted octanol–water partition coefficient (Wildman–Crippen LogP) is 1.52. The molecule has 112 valence electrons. The highest BCUT2D eigenvalue weighted by molar-refractivity contribution is 5.87. The van der Waals surface area contributed by atoms with Gasteiger partial charge in [-0.2, -0.15) is 0 Å². The molecule has 0 aliphatic carbocycles. The molecule has 2 heterocycles. The number of piperidine rings is 1. The summed E-state index contributed by atoms with van der Waals surface area (Å²) in [5, 5.41) is 8.93. The maximum atomic E-state index is 10.9. The van der Waals surface area contributed by atoms with E-state index in [4.69, 9.17) is 10.8 Å². The molecule has 0 atom stereocenters. The van der Waals surface area contributed by atoms with Gasteiger partial charge in [-0.1, -0.05) is 0 Å². The van der Waals surface area contributed by atoms with E-state index in [0.717, 1.165) is 24.3 Å². The van der Waals surface area contributed by atoms with Crippen LogP contribution in [0.5, 0.6) is 0 Å². The standard InChI is InChI=1S/C15H20N4O2/c16-15-17-13-5-4-12(18-6-2-1-3-7-18)8-11(13)9-19(15)10-14(20)21/h4-5,8H,1-3,6-7,9-10H2,(H2,16,17)(H,20,21). The maximum absolute atomic E-state index is 10.9. The van der Waals surface area contributed by atoms with Crippen LogP contribution in [0.4, 0.5) is 11.4 Å². The lowest BCUT2D eigenvalue weighted by atomic mass is 10.1. The lowest BCUT2D eigenvalue weighted by molar-refractivity contribution is -0.137. The van der Waals surface area contributed by atoms with Crippen molar-refractivity contribution in [3.8, 4) is 0 Å². The second-order valence-electron chi connectivity index (χ2n) is 5.58. The SMILES string of the molecule is NC1=Nc2ccc(N3CCCCC3)cc2CN1CC(=O)O. The molecule has 3 rings (SSSR count). The number of carboxylic acid groups (broad SMARTS) is 1. The normalized spacial score (nSPS) is 18.2. The summed E-state index contributed by atoms with van der Waals surface area (Å²) in [5.74, 6) is -0.626. The van der Waals surface area contributed by atoms with Crippen LogP contribution >= 0.6 is 0 Å². The van der Waals surface area contributed by atoms with Crippen LogP contribution in [0.25, 0.3) is 0 Å². The first kappa shape index (κ1) is 13.7. The third kappa shape index (κ3) is 2.94. The number of nitrogens with zero attached hydrogens (tertiary/aromatic N) is 3. The zero-order valence-electron chi connectivity index (χ0n) is 12.0. The Morgan fingerprint density at radius 3 is 2.76 bits per heavy atom. The number of hydrogen-bond donors (Lipinski definition) is 2. The molecule has 6 heteroatoms. The third-order valence-corrected chi connectivity index (χ3v) is 4.03. The van der Waals surface area contributed by atoms with E-state index in [2.05, 4.69) is 22.0 Å². The molecular formula is C15H20N4O2. The van der Waals surface area contributed by atoms with Crippen LogP contribution in [0.1, 0.15) is 24.8 Å². The largest absolute Gasteiger partial charge is 0.480 e. The monoisotopic (exact) mass is 288 g/mol. The van der Waals surface area contributed by atoms with Crippen molar-refractivity contribution in [2.24, 2.45) is 10.7 Å². The van der Waals surface area contributed by atoms with Gasteiger partial charge in [0.25, 0.3) is 0 Å². The predicted molar refractivity (Wildman–Crippen MR) is 81.8 cm³/mol. The number of aliphatic imine (C=N–C) groups is 1. The molecule has 2 aliphatic heterocycles. The van der Waals surface area contributed by atoms with Gasteiger partial charge in [-0.3, -0.25) is 4.79 Å². The summed E-state index contributed by atoms with van der Waals surface area (Å²) < 4.78 is 0. The number of rotatable bonds is 3. The smallest absolute Gasteiger partial charge is 0.323 e. The first-order valence-electron chi connectivity index (χ1n) is 7.32. The summed E-state index contributed by atoms with van der Waals surface area (Å²) in [4.78, 5) is 19.2. The molecule has 3 N–H and O–H groups in total. The second kappa shape index (κ2) is 5.63. The number of nitrogens with two attached hydrogens (primary N) is 1. The molecule has 1 fully saturated rings. The fourth-order valence-electron chi connectivity index (χ4n) is 2.94. The Hall–Kier alpha value is -2.24. The number of anilines is 1. The number of guanidine groups is 1. The summed E-state index contributed by atoms with van der Waals surface area (Å²) in [7, 11) is 0. The third-order valence-electron chi connectivity index (χ3n) is 4.03. The Bertz CT molecular complexity index is 579. The first-order valence-corrected chi connectivity index (χ1v) is 7.32. The van der Waals surface area contributed by atoms with Gasteiger partial charge in [0.2, 0.25) is 0 Å². The summed E-state index contributed by atoms with van der Waals surface area (Å²) in [6.07, 6.45) is 3.76. The van der Waals surface area contributed by atoms with Gasteiger partial charge in [-0.25, -0.2) is 4.99 Å². The van der Waals surface area contributed by atoms with Crippen molar-refractivity contribution in [3.63, 3.8) is 0 Å². The zero-order chi connectivity index (χ0) is 14.8. The van der Waals surface area contributed by atoms with E-state index in [9.17, 15) is 4.79 Å². The summed E-state index contributed by atoms with van der Waals surface area (Å²) in [6.45, 7) is 2.55. The Morgan fingerprint density at radius 2 is 2.05 bits per heavy atom. The number of fused-ring (bicyclic) bond motifs is 1. The summed E-state index contributed by atoms with van der Waals surface area (Å²) >= 11 is 0. The number of carbonyl (C=O) groups is 1. The molecular weight excluding hydrogens is 268 g/mol. The van der Waals surface area contributed by atoms with Gasteiger partial charge in [-0.05, 0) is 43.0 Å². The van der Waals surface area contributed by atoms with Crippen molar-refractivity contribution in [2.75, 3.05) is 24.5 Å². The fourth-order valence-corrected chi connectivity index (χ4v) is 2.94. The molecule has 21 heavy (non-hydrogen) atoms. The first-order chi connectivity index (χ1) is 10.1. The Labute approximate surface area is 123 Å². The van der Waals surface area contributed by atoms with Crippen LogP contribution in [0.2, 0.25) is 0 Å². The summed E-state index contributed by atoms with van der Waals surface area (Å²) in [6, 6.07) is 6.17. The Morgan fingerprint density at radius 1 is 1.29 bits per heavy atom. The minimum Gasteiger partial charge on any atom is -0.480 e. The van der Waals surface area contributed by atoms with Crippen LogP contribution < -0.4 is 10.6 Å². The van der Waals surface area contributed by atoms with Crippen LogP contribution in [0.3, 0.4) is 0 Å². The van der Waals surface area contributed by atoms with Crippen LogP contribution in [0, 0.1) is 0 Å². The summed E-state index contributed by atoms with van der Waals surface area (Å²) in [5.41, 5.74) is 8.90.